The molecule has 0 unspecified atom stereocenters. The van der Waals surface area contributed by atoms with E-state index in [0.717, 1.165) is 47.5 Å². The van der Waals surface area contributed by atoms with Crippen molar-refractivity contribution in [1.29, 1.82) is 0 Å². The molecule has 0 N–H and O–H groups in total. The number of fused-ring (bicyclic) bond motifs is 2. The predicted octanol–water partition coefficient (Wildman–Crippen LogP) is 5.47. The molecular weight excluding hydrogens is 384 g/mol. The second-order valence-electron chi connectivity index (χ2n) is 7.83. The van der Waals surface area contributed by atoms with Crippen LogP contribution in [0.1, 0.15) is 22.3 Å². The van der Waals surface area contributed by atoms with Gasteiger partial charge in [0.1, 0.15) is 0 Å². The van der Waals surface area contributed by atoms with Crippen molar-refractivity contribution in [3.8, 4) is 0 Å². The van der Waals surface area contributed by atoms with E-state index >= 15 is 0 Å². The zero-order chi connectivity index (χ0) is 19.4. The highest BCUT2D eigenvalue weighted by molar-refractivity contribution is 7.22. The minimum atomic E-state index is 0.992. The number of aryl methyl sites for hydroxylation is 4. The van der Waals surface area contributed by atoms with E-state index in [4.69, 9.17) is 9.97 Å². The number of rotatable bonds is 2. The minimum Gasteiger partial charge on any atom is -0.345 e. The van der Waals surface area contributed by atoms with Gasteiger partial charge in [0.05, 0.1) is 20.4 Å². The quantitative estimate of drug-likeness (QED) is 0.440. The van der Waals surface area contributed by atoms with Gasteiger partial charge in [0, 0.05) is 26.2 Å². The molecule has 4 nitrogen and oxygen atoms in total. The highest BCUT2D eigenvalue weighted by Gasteiger charge is 2.22. The minimum absolute atomic E-state index is 0.992. The lowest BCUT2D eigenvalue weighted by Crippen LogP contribution is -2.46. The number of anilines is 2. The van der Waals surface area contributed by atoms with Crippen LogP contribution in [0.4, 0.5) is 10.3 Å². The van der Waals surface area contributed by atoms with Gasteiger partial charge in [-0.1, -0.05) is 34.8 Å². The van der Waals surface area contributed by atoms with Crippen molar-refractivity contribution in [2.75, 3.05) is 36.0 Å². The Labute approximate surface area is 173 Å². The maximum absolute atomic E-state index is 4.94. The Morgan fingerprint density at radius 2 is 1.32 bits per heavy atom. The first-order valence-corrected chi connectivity index (χ1v) is 11.4. The molecule has 1 aliphatic heterocycles. The van der Waals surface area contributed by atoms with Gasteiger partial charge in [-0.3, -0.25) is 0 Å². The summed E-state index contributed by atoms with van der Waals surface area (Å²) in [4.78, 5) is 14.7. The molecule has 2 aromatic heterocycles. The number of hydrogen-bond acceptors (Lipinski definition) is 6. The summed E-state index contributed by atoms with van der Waals surface area (Å²) in [7, 11) is 0. The van der Waals surface area contributed by atoms with E-state index in [0.29, 0.717) is 0 Å². The zero-order valence-electron chi connectivity index (χ0n) is 16.7. The van der Waals surface area contributed by atoms with Gasteiger partial charge in [-0.05, 0) is 62.1 Å². The van der Waals surface area contributed by atoms with Gasteiger partial charge < -0.3 is 9.80 Å². The summed E-state index contributed by atoms with van der Waals surface area (Å²) < 4.78 is 2.62. The topological polar surface area (TPSA) is 32.3 Å². The molecule has 6 heteroatoms. The van der Waals surface area contributed by atoms with Crippen molar-refractivity contribution in [2.24, 2.45) is 0 Å². The molecule has 3 heterocycles. The number of benzene rings is 2. The predicted molar refractivity (Wildman–Crippen MR) is 123 cm³/mol. The van der Waals surface area contributed by atoms with E-state index < -0.39 is 0 Å². The van der Waals surface area contributed by atoms with Crippen LogP contribution in [0.2, 0.25) is 0 Å². The average Bonchev–Trinajstić information content (AvgIpc) is 3.26. The summed E-state index contributed by atoms with van der Waals surface area (Å²) in [6, 6.07) is 8.93. The van der Waals surface area contributed by atoms with Gasteiger partial charge in [-0.25, -0.2) is 9.97 Å². The number of piperazine rings is 1. The molecule has 1 fully saturated rings. The Morgan fingerprint density at radius 3 is 2.04 bits per heavy atom. The van der Waals surface area contributed by atoms with E-state index in [2.05, 4.69) is 61.8 Å². The highest BCUT2D eigenvalue weighted by Crippen LogP contribution is 2.35. The molecule has 0 spiro atoms. The summed E-state index contributed by atoms with van der Waals surface area (Å²) in [5, 5.41) is 2.30. The van der Waals surface area contributed by atoms with Crippen molar-refractivity contribution in [2.45, 2.75) is 27.7 Å². The first-order valence-electron chi connectivity index (χ1n) is 9.73. The molecule has 0 bridgehead atoms. The normalized spacial score (nSPS) is 15.1. The average molecular weight is 409 g/mol. The van der Waals surface area contributed by atoms with E-state index in [1.165, 1.54) is 31.7 Å². The number of aromatic nitrogens is 2. The Hall–Kier alpha value is -2.18. The summed E-state index contributed by atoms with van der Waals surface area (Å²) >= 11 is 3.65. The van der Waals surface area contributed by atoms with E-state index in [-0.39, 0.29) is 0 Å². The van der Waals surface area contributed by atoms with Gasteiger partial charge >= 0.3 is 0 Å². The van der Waals surface area contributed by atoms with Gasteiger partial charge in [0.2, 0.25) is 0 Å². The fourth-order valence-corrected chi connectivity index (χ4v) is 6.34. The van der Waals surface area contributed by atoms with Crippen molar-refractivity contribution >= 4 is 53.4 Å². The smallest absolute Gasteiger partial charge is 0.186 e. The highest BCUT2D eigenvalue weighted by atomic mass is 32.1. The molecule has 144 valence electrons. The maximum Gasteiger partial charge on any atom is 0.186 e. The van der Waals surface area contributed by atoms with Crippen LogP contribution in [0.15, 0.2) is 24.3 Å². The van der Waals surface area contributed by atoms with Crippen molar-refractivity contribution in [3.05, 3.63) is 46.5 Å². The molecule has 2 aromatic carbocycles. The molecule has 28 heavy (non-hydrogen) atoms. The second-order valence-corrected chi connectivity index (χ2v) is 9.81. The first-order chi connectivity index (χ1) is 13.5. The van der Waals surface area contributed by atoms with Crippen LogP contribution in [-0.2, 0) is 0 Å². The standard InChI is InChI=1S/C22H24N4S2/c1-13-10-16(4)20-17(11-13)23-21(28-20)25-5-7-26(8-6-25)22-24-19-15(3)9-14(2)12-18(19)27-22/h9-12H,5-8H2,1-4H3. The fraction of sp³-hybridized carbons (Fsp3) is 0.364. The van der Waals surface area contributed by atoms with Crippen LogP contribution >= 0.6 is 22.7 Å². The Kier molecular flexibility index (Phi) is 4.29. The van der Waals surface area contributed by atoms with Crippen molar-refractivity contribution in [1.82, 2.24) is 9.97 Å². The number of hydrogen-bond donors (Lipinski definition) is 0. The maximum atomic E-state index is 4.94. The van der Waals surface area contributed by atoms with E-state index in [1.807, 2.05) is 22.7 Å². The zero-order valence-corrected chi connectivity index (χ0v) is 18.4. The lowest BCUT2D eigenvalue weighted by atomic mass is 10.1. The lowest BCUT2D eigenvalue weighted by molar-refractivity contribution is 0.651. The molecule has 0 radical (unpaired) electrons. The van der Waals surface area contributed by atoms with Gasteiger partial charge in [-0.2, -0.15) is 0 Å². The van der Waals surface area contributed by atoms with E-state index in [1.54, 1.807) is 0 Å². The fourth-order valence-electron chi connectivity index (χ4n) is 4.08. The van der Waals surface area contributed by atoms with Crippen molar-refractivity contribution in [3.63, 3.8) is 0 Å². The molecular formula is C22H24N4S2. The summed E-state index contributed by atoms with van der Waals surface area (Å²) in [5.74, 6) is 0. The largest absolute Gasteiger partial charge is 0.345 e. The van der Waals surface area contributed by atoms with Crippen LogP contribution in [0.25, 0.3) is 20.4 Å². The molecule has 1 saturated heterocycles. The van der Waals surface area contributed by atoms with Crippen molar-refractivity contribution < 1.29 is 0 Å². The molecule has 0 saturated carbocycles. The molecule has 0 atom stereocenters. The third-order valence-electron chi connectivity index (χ3n) is 5.45. The third kappa shape index (κ3) is 3.05. The van der Waals surface area contributed by atoms with Gasteiger partial charge in [0.25, 0.3) is 0 Å². The Bertz CT molecular complexity index is 1090. The molecule has 0 aliphatic carbocycles. The summed E-state index contributed by atoms with van der Waals surface area (Å²) in [6.45, 7) is 12.6. The molecule has 4 aromatic rings. The summed E-state index contributed by atoms with van der Waals surface area (Å²) in [6.07, 6.45) is 0. The van der Waals surface area contributed by atoms with Crippen LogP contribution < -0.4 is 9.80 Å². The Morgan fingerprint density at radius 1 is 0.714 bits per heavy atom. The van der Waals surface area contributed by atoms with Gasteiger partial charge in [-0.15, -0.1) is 0 Å². The van der Waals surface area contributed by atoms with E-state index in [9.17, 15) is 0 Å². The van der Waals surface area contributed by atoms with Crippen LogP contribution in [0.5, 0.6) is 0 Å². The van der Waals surface area contributed by atoms with Crippen LogP contribution in [0, 0.1) is 27.7 Å². The van der Waals surface area contributed by atoms with Gasteiger partial charge in [0.15, 0.2) is 10.3 Å². The Balaban J connectivity index is 1.36. The molecule has 1 aliphatic rings. The monoisotopic (exact) mass is 408 g/mol. The SMILES string of the molecule is Cc1cc(C)c2sc(N3CCN(c4nc5c(C)cc(C)cc5s4)CC3)nc2c1. The number of thiazole rings is 2. The number of nitrogens with zero attached hydrogens (tertiary/aromatic N) is 4. The first kappa shape index (κ1) is 17.9. The summed E-state index contributed by atoms with van der Waals surface area (Å²) in [5.41, 5.74) is 7.50. The third-order valence-corrected chi connectivity index (χ3v) is 7.78. The molecule has 5 rings (SSSR count). The van der Waals surface area contributed by atoms with Crippen LogP contribution in [0.3, 0.4) is 0 Å². The second kappa shape index (κ2) is 6.71. The molecule has 0 amide bonds. The van der Waals surface area contributed by atoms with Crippen LogP contribution in [-0.4, -0.2) is 36.1 Å². The lowest BCUT2D eigenvalue weighted by Gasteiger charge is -2.34.